The lowest BCUT2D eigenvalue weighted by atomic mass is 10.1. The van der Waals surface area contributed by atoms with Crippen molar-refractivity contribution in [2.24, 2.45) is 5.73 Å². The van der Waals surface area contributed by atoms with Crippen LogP contribution in [0.15, 0.2) is 29.0 Å². The quantitative estimate of drug-likeness (QED) is 0.646. The van der Waals surface area contributed by atoms with Crippen LogP contribution in [0, 0.1) is 5.41 Å². The zero-order chi connectivity index (χ0) is 13.4. The van der Waals surface area contributed by atoms with E-state index < -0.39 is 0 Å². The Morgan fingerprint density at radius 3 is 2.95 bits per heavy atom. The first-order valence-electron chi connectivity index (χ1n) is 5.91. The smallest absolute Gasteiger partial charge is 0.152 e. The SMILES string of the molecule is N=C(N)c1ccc(N2CCn3cnnc3C2)c(Br)c1. The van der Waals surface area contributed by atoms with Gasteiger partial charge in [0, 0.05) is 23.1 Å². The van der Waals surface area contributed by atoms with Gasteiger partial charge in [0.25, 0.3) is 0 Å². The number of hydrogen-bond donors (Lipinski definition) is 2. The van der Waals surface area contributed by atoms with Crippen LogP contribution in [0.3, 0.4) is 0 Å². The molecular weight excluding hydrogens is 308 g/mol. The van der Waals surface area contributed by atoms with Crippen LogP contribution in [0.25, 0.3) is 0 Å². The minimum Gasteiger partial charge on any atom is -0.384 e. The molecule has 0 amide bonds. The minimum atomic E-state index is 0.0747. The first-order valence-corrected chi connectivity index (χ1v) is 6.70. The molecule has 3 rings (SSSR count). The summed E-state index contributed by atoms with van der Waals surface area (Å²) in [4.78, 5) is 2.23. The molecule has 2 heterocycles. The maximum Gasteiger partial charge on any atom is 0.152 e. The van der Waals surface area contributed by atoms with E-state index in [1.54, 1.807) is 6.33 Å². The van der Waals surface area contributed by atoms with Crippen molar-refractivity contribution in [1.29, 1.82) is 5.41 Å². The summed E-state index contributed by atoms with van der Waals surface area (Å²) in [6, 6.07) is 5.71. The monoisotopic (exact) mass is 320 g/mol. The Bertz CT molecular complexity index is 635. The van der Waals surface area contributed by atoms with E-state index in [1.165, 1.54) is 0 Å². The number of nitrogens with two attached hydrogens (primary N) is 1. The highest BCUT2D eigenvalue weighted by Crippen LogP contribution is 2.29. The Morgan fingerprint density at radius 1 is 1.37 bits per heavy atom. The van der Waals surface area contributed by atoms with Gasteiger partial charge in [0.2, 0.25) is 0 Å². The highest BCUT2D eigenvalue weighted by molar-refractivity contribution is 9.10. The first kappa shape index (κ1) is 12.2. The predicted octanol–water partition coefficient (Wildman–Crippen LogP) is 1.34. The van der Waals surface area contributed by atoms with Crippen LogP contribution >= 0.6 is 15.9 Å². The van der Waals surface area contributed by atoms with Gasteiger partial charge in [-0.15, -0.1) is 10.2 Å². The summed E-state index contributed by atoms with van der Waals surface area (Å²) >= 11 is 3.54. The van der Waals surface area contributed by atoms with Crippen LogP contribution in [0.5, 0.6) is 0 Å². The van der Waals surface area contributed by atoms with Crippen LogP contribution in [0.4, 0.5) is 5.69 Å². The normalized spacial score (nSPS) is 14.3. The molecule has 0 saturated carbocycles. The van der Waals surface area contributed by atoms with Crippen molar-refractivity contribution in [2.45, 2.75) is 13.1 Å². The summed E-state index contributed by atoms with van der Waals surface area (Å²) < 4.78 is 3.00. The number of halogens is 1. The van der Waals surface area contributed by atoms with E-state index in [9.17, 15) is 0 Å². The standard InChI is InChI=1S/C12H13BrN6/c13-9-5-8(12(14)15)1-2-10(9)18-3-4-19-7-16-17-11(19)6-18/h1-2,5,7H,3-4,6H2,(H3,14,15). The van der Waals surface area contributed by atoms with Crippen molar-refractivity contribution in [3.63, 3.8) is 0 Å². The van der Waals surface area contributed by atoms with E-state index >= 15 is 0 Å². The minimum absolute atomic E-state index is 0.0747. The van der Waals surface area contributed by atoms with Crippen molar-refractivity contribution in [3.05, 3.63) is 40.4 Å². The Balaban J connectivity index is 1.90. The molecule has 0 unspecified atom stereocenters. The fourth-order valence-corrected chi connectivity index (χ4v) is 2.83. The topological polar surface area (TPSA) is 83.8 Å². The van der Waals surface area contributed by atoms with Gasteiger partial charge >= 0.3 is 0 Å². The van der Waals surface area contributed by atoms with E-state index in [4.69, 9.17) is 11.1 Å². The van der Waals surface area contributed by atoms with Crippen molar-refractivity contribution in [3.8, 4) is 0 Å². The molecule has 7 heteroatoms. The molecule has 0 spiro atoms. The number of nitrogen functional groups attached to an aromatic ring is 1. The highest BCUT2D eigenvalue weighted by atomic mass is 79.9. The Hall–Kier alpha value is -1.89. The third kappa shape index (κ3) is 2.21. The number of nitrogens with zero attached hydrogens (tertiary/aromatic N) is 4. The van der Waals surface area contributed by atoms with Crippen molar-refractivity contribution in [1.82, 2.24) is 14.8 Å². The van der Waals surface area contributed by atoms with Gasteiger partial charge in [0.05, 0.1) is 12.2 Å². The fraction of sp³-hybridized carbons (Fsp3) is 0.250. The van der Waals surface area contributed by atoms with E-state index in [1.807, 2.05) is 18.2 Å². The molecule has 1 aromatic heterocycles. The molecule has 19 heavy (non-hydrogen) atoms. The second kappa shape index (κ2) is 4.65. The Morgan fingerprint density at radius 2 is 2.21 bits per heavy atom. The van der Waals surface area contributed by atoms with E-state index in [0.29, 0.717) is 0 Å². The van der Waals surface area contributed by atoms with E-state index in [2.05, 4.69) is 35.6 Å². The zero-order valence-corrected chi connectivity index (χ0v) is 11.8. The number of amidine groups is 1. The zero-order valence-electron chi connectivity index (χ0n) is 10.2. The van der Waals surface area contributed by atoms with Gasteiger partial charge < -0.3 is 15.2 Å². The molecule has 0 radical (unpaired) electrons. The maximum absolute atomic E-state index is 7.44. The predicted molar refractivity (Wildman–Crippen MR) is 76.2 cm³/mol. The van der Waals surface area contributed by atoms with Crippen LogP contribution in [0.2, 0.25) is 0 Å². The summed E-state index contributed by atoms with van der Waals surface area (Å²) in [6.07, 6.45) is 1.76. The van der Waals surface area contributed by atoms with Gasteiger partial charge in [-0.3, -0.25) is 5.41 Å². The largest absolute Gasteiger partial charge is 0.384 e. The van der Waals surface area contributed by atoms with E-state index in [-0.39, 0.29) is 5.84 Å². The van der Waals surface area contributed by atoms with Gasteiger partial charge in [0.1, 0.15) is 12.2 Å². The molecule has 2 aromatic rings. The summed E-state index contributed by atoms with van der Waals surface area (Å²) in [5.74, 6) is 1.04. The third-order valence-corrected chi connectivity index (χ3v) is 3.87. The lowest BCUT2D eigenvalue weighted by Gasteiger charge is -2.29. The second-order valence-electron chi connectivity index (χ2n) is 4.44. The lowest BCUT2D eigenvalue weighted by molar-refractivity contribution is 0.559. The summed E-state index contributed by atoms with van der Waals surface area (Å²) in [7, 11) is 0. The molecule has 0 fully saturated rings. The van der Waals surface area contributed by atoms with Crippen LogP contribution in [-0.2, 0) is 13.1 Å². The average Bonchev–Trinajstić information content (AvgIpc) is 2.85. The number of fused-ring (bicyclic) bond motifs is 1. The number of benzene rings is 1. The molecule has 3 N–H and O–H groups in total. The molecule has 1 aliphatic heterocycles. The third-order valence-electron chi connectivity index (χ3n) is 3.24. The van der Waals surface area contributed by atoms with Gasteiger partial charge in [-0.05, 0) is 34.1 Å². The van der Waals surface area contributed by atoms with Crippen LogP contribution in [-0.4, -0.2) is 27.1 Å². The molecule has 0 saturated heterocycles. The molecule has 0 aliphatic carbocycles. The van der Waals surface area contributed by atoms with Crippen LogP contribution in [0.1, 0.15) is 11.4 Å². The lowest BCUT2D eigenvalue weighted by Crippen LogP contribution is -2.33. The van der Waals surface area contributed by atoms with E-state index in [0.717, 1.165) is 41.2 Å². The second-order valence-corrected chi connectivity index (χ2v) is 5.30. The molecule has 1 aliphatic rings. The van der Waals surface area contributed by atoms with Gasteiger partial charge in [0.15, 0.2) is 5.82 Å². The Kier molecular flexibility index (Phi) is 2.98. The maximum atomic E-state index is 7.44. The molecule has 98 valence electrons. The number of anilines is 1. The number of hydrogen-bond acceptors (Lipinski definition) is 4. The summed E-state index contributed by atoms with van der Waals surface area (Å²) in [6.45, 7) is 2.52. The number of rotatable bonds is 2. The molecule has 6 nitrogen and oxygen atoms in total. The molecular formula is C12H13BrN6. The van der Waals surface area contributed by atoms with Gasteiger partial charge in [-0.2, -0.15) is 0 Å². The average molecular weight is 321 g/mol. The number of nitrogens with one attached hydrogen (secondary N) is 1. The molecule has 0 atom stereocenters. The Labute approximate surface area is 118 Å². The van der Waals surface area contributed by atoms with Crippen LogP contribution < -0.4 is 10.6 Å². The number of aromatic nitrogens is 3. The van der Waals surface area contributed by atoms with Gasteiger partial charge in [-0.1, -0.05) is 0 Å². The summed E-state index contributed by atoms with van der Waals surface area (Å²) in [5.41, 5.74) is 7.29. The molecule has 1 aromatic carbocycles. The first-order chi connectivity index (χ1) is 9.15. The fourth-order valence-electron chi connectivity index (χ4n) is 2.20. The van der Waals surface area contributed by atoms with Crippen molar-refractivity contribution >= 4 is 27.5 Å². The van der Waals surface area contributed by atoms with Gasteiger partial charge in [-0.25, -0.2) is 0 Å². The highest BCUT2D eigenvalue weighted by Gasteiger charge is 2.19. The summed E-state index contributed by atoms with van der Waals surface area (Å²) in [5, 5.41) is 15.5. The van der Waals surface area contributed by atoms with Crippen molar-refractivity contribution in [2.75, 3.05) is 11.4 Å². The molecule has 0 bridgehead atoms. The van der Waals surface area contributed by atoms with Crippen molar-refractivity contribution < 1.29 is 0 Å².